The highest BCUT2D eigenvalue weighted by atomic mass is 19.1. The molecule has 2 aromatic rings. The van der Waals surface area contributed by atoms with Gasteiger partial charge >= 0.3 is 0 Å². The summed E-state index contributed by atoms with van der Waals surface area (Å²) in [6, 6.07) is 13.5. The van der Waals surface area contributed by atoms with Crippen molar-refractivity contribution in [3.63, 3.8) is 0 Å². The normalized spacial score (nSPS) is 10.7. The van der Waals surface area contributed by atoms with E-state index in [-0.39, 0.29) is 12.4 Å². The van der Waals surface area contributed by atoms with Gasteiger partial charge in [-0.3, -0.25) is 0 Å². The van der Waals surface area contributed by atoms with Crippen LogP contribution in [0.5, 0.6) is 5.75 Å². The van der Waals surface area contributed by atoms with E-state index in [2.05, 4.69) is 5.16 Å². The first kappa shape index (κ1) is 12.1. The Morgan fingerprint density at radius 3 is 2.61 bits per heavy atom. The summed E-state index contributed by atoms with van der Waals surface area (Å²) in [5.74, 6) is 0.240. The van der Waals surface area contributed by atoms with E-state index in [9.17, 15) is 4.39 Å². The van der Waals surface area contributed by atoms with Crippen LogP contribution in [0.25, 0.3) is 0 Å². The fraction of sp³-hybridized carbons (Fsp3) is 0.0714. The average molecular weight is 245 g/mol. The molecular formula is C14H12FNO2. The molecule has 2 rings (SSSR count). The molecule has 0 bridgehead atoms. The Hall–Kier alpha value is -2.36. The number of hydrogen-bond donors (Lipinski definition) is 1. The van der Waals surface area contributed by atoms with E-state index in [1.165, 1.54) is 12.3 Å². The molecule has 0 atom stereocenters. The van der Waals surface area contributed by atoms with Crippen LogP contribution in [0.15, 0.2) is 53.7 Å². The van der Waals surface area contributed by atoms with Crippen molar-refractivity contribution in [1.29, 1.82) is 0 Å². The summed E-state index contributed by atoms with van der Waals surface area (Å²) in [6.07, 6.45) is 1.27. The fourth-order valence-electron chi connectivity index (χ4n) is 1.55. The van der Waals surface area contributed by atoms with Gasteiger partial charge < -0.3 is 9.94 Å². The van der Waals surface area contributed by atoms with Crippen LogP contribution < -0.4 is 4.74 Å². The molecule has 18 heavy (non-hydrogen) atoms. The molecule has 2 aromatic carbocycles. The molecule has 0 aliphatic heterocycles. The second-order valence-corrected chi connectivity index (χ2v) is 3.66. The highest BCUT2D eigenvalue weighted by Gasteiger charge is 2.04. The molecule has 0 heterocycles. The van der Waals surface area contributed by atoms with Gasteiger partial charge in [0, 0.05) is 11.1 Å². The molecule has 0 fully saturated rings. The summed E-state index contributed by atoms with van der Waals surface area (Å²) in [7, 11) is 0. The zero-order valence-corrected chi connectivity index (χ0v) is 9.58. The molecule has 0 radical (unpaired) electrons. The van der Waals surface area contributed by atoms with E-state index in [4.69, 9.17) is 9.94 Å². The van der Waals surface area contributed by atoms with Gasteiger partial charge in [0.1, 0.15) is 18.2 Å². The maximum atomic E-state index is 13.4. The summed E-state index contributed by atoms with van der Waals surface area (Å²) in [5.41, 5.74) is 1.12. The number of oxime groups is 1. The number of nitrogens with zero attached hydrogens (tertiary/aromatic N) is 1. The number of benzene rings is 2. The smallest absolute Gasteiger partial charge is 0.129 e. The highest BCUT2D eigenvalue weighted by molar-refractivity contribution is 5.82. The monoisotopic (exact) mass is 245 g/mol. The summed E-state index contributed by atoms with van der Waals surface area (Å²) in [4.78, 5) is 0. The lowest BCUT2D eigenvalue weighted by atomic mass is 10.2. The Morgan fingerprint density at radius 2 is 1.83 bits per heavy atom. The molecule has 3 nitrogen and oxygen atoms in total. The highest BCUT2D eigenvalue weighted by Crippen LogP contribution is 2.18. The van der Waals surface area contributed by atoms with Crippen molar-refractivity contribution in [3.8, 4) is 5.75 Å². The number of para-hydroxylation sites is 1. The molecule has 0 spiro atoms. The molecule has 0 aliphatic carbocycles. The molecule has 0 aromatic heterocycles. The van der Waals surface area contributed by atoms with Crippen LogP contribution in [0.2, 0.25) is 0 Å². The number of ether oxygens (including phenoxy) is 1. The van der Waals surface area contributed by atoms with Crippen molar-refractivity contribution < 1.29 is 14.3 Å². The molecule has 0 amide bonds. The van der Waals surface area contributed by atoms with Crippen LogP contribution in [-0.2, 0) is 6.61 Å². The predicted molar refractivity (Wildman–Crippen MR) is 66.6 cm³/mol. The Labute approximate surface area is 104 Å². The summed E-state index contributed by atoms with van der Waals surface area (Å²) in [6.45, 7) is 0.128. The van der Waals surface area contributed by atoms with Crippen molar-refractivity contribution in [2.45, 2.75) is 6.61 Å². The van der Waals surface area contributed by atoms with Crippen molar-refractivity contribution >= 4 is 6.21 Å². The van der Waals surface area contributed by atoms with Gasteiger partial charge in [-0.15, -0.1) is 0 Å². The minimum absolute atomic E-state index is 0.128. The molecule has 92 valence electrons. The lowest BCUT2D eigenvalue weighted by Gasteiger charge is -2.09. The largest absolute Gasteiger partial charge is 0.488 e. The zero-order valence-electron chi connectivity index (χ0n) is 9.58. The van der Waals surface area contributed by atoms with Crippen LogP contribution in [0.4, 0.5) is 4.39 Å². The van der Waals surface area contributed by atoms with Crippen molar-refractivity contribution in [1.82, 2.24) is 0 Å². The average Bonchev–Trinajstić information content (AvgIpc) is 2.40. The first-order valence-corrected chi connectivity index (χ1v) is 5.44. The van der Waals surface area contributed by atoms with Gasteiger partial charge in [-0.05, 0) is 18.2 Å². The van der Waals surface area contributed by atoms with Gasteiger partial charge in [0.2, 0.25) is 0 Å². The minimum atomic E-state index is -0.300. The fourth-order valence-corrected chi connectivity index (χ4v) is 1.55. The standard InChI is InChI=1S/C14H12FNO2/c15-13-7-3-1-6-12(13)10-18-14-8-4-2-5-11(14)9-16-17/h1-9,17H,10H2/b16-9+. The Morgan fingerprint density at radius 1 is 1.11 bits per heavy atom. The predicted octanol–water partition coefficient (Wildman–Crippen LogP) is 3.21. The lowest BCUT2D eigenvalue weighted by Crippen LogP contribution is -2.00. The van der Waals surface area contributed by atoms with Crippen molar-refractivity contribution in [2.75, 3.05) is 0 Å². The van der Waals surface area contributed by atoms with Crippen LogP contribution in [0.3, 0.4) is 0 Å². The molecule has 0 saturated heterocycles. The molecule has 4 heteroatoms. The Bertz CT molecular complexity index is 555. The summed E-state index contributed by atoms with van der Waals surface area (Å²) < 4.78 is 18.9. The van der Waals surface area contributed by atoms with Crippen LogP contribution in [0, 0.1) is 5.82 Å². The van der Waals surface area contributed by atoms with Crippen molar-refractivity contribution in [2.24, 2.45) is 5.16 Å². The van der Waals surface area contributed by atoms with E-state index in [1.807, 2.05) is 0 Å². The van der Waals surface area contributed by atoms with Crippen LogP contribution in [-0.4, -0.2) is 11.4 Å². The molecule has 0 aliphatic rings. The lowest BCUT2D eigenvalue weighted by molar-refractivity contribution is 0.298. The molecule has 0 unspecified atom stereocenters. The maximum absolute atomic E-state index is 13.4. The molecule has 1 N–H and O–H groups in total. The third-order valence-corrected chi connectivity index (χ3v) is 2.46. The van der Waals surface area contributed by atoms with Gasteiger partial charge in [-0.2, -0.15) is 0 Å². The SMILES string of the molecule is O/N=C/c1ccccc1OCc1ccccc1F. The van der Waals surface area contributed by atoms with E-state index in [1.54, 1.807) is 42.5 Å². The quantitative estimate of drug-likeness (QED) is 0.510. The second-order valence-electron chi connectivity index (χ2n) is 3.66. The van der Waals surface area contributed by atoms with E-state index in [0.29, 0.717) is 16.9 Å². The second kappa shape index (κ2) is 5.82. The van der Waals surface area contributed by atoms with Crippen LogP contribution >= 0.6 is 0 Å². The van der Waals surface area contributed by atoms with E-state index < -0.39 is 0 Å². The number of halogens is 1. The Balaban J connectivity index is 2.13. The van der Waals surface area contributed by atoms with E-state index >= 15 is 0 Å². The maximum Gasteiger partial charge on any atom is 0.129 e. The summed E-state index contributed by atoms with van der Waals surface area (Å²) in [5, 5.41) is 11.5. The van der Waals surface area contributed by atoms with Gasteiger partial charge in [0.05, 0.1) is 6.21 Å². The molecule has 0 saturated carbocycles. The first-order valence-electron chi connectivity index (χ1n) is 5.44. The molecular weight excluding hydrogens is 233 g/mol. The van der Waals surface area contributed by atoms with Crippen LogP contribution in [0.1, 0.15) is 11.1 Å². The summed E-state index contributed by atoms with van der Waals surface area (Å²) >= 11 is 0. The van der Waals surface area contributed by atoms with E-state index in [0.717, 1.165) is 0 Å². The van der Waals surface area contributed by atoms with Crippen molar-refractivity contribution in [3.05, 3.63) is 65.5 Å². The van der Waals surface area contributed by atoms with Gasteiger partial charge in [-0.25, -0.2) is 4.39 Å². The number of hydrogen-bond acceptors (Lipinski definition) is 3. The third-order valence-electron chi connectivity index (χ3n) is 2.46. The third kappa shape index (κ3) is 2.85. The van der Waals surface area contributed by atoms with Gasteiger partial charge in [0.15, 0.2) is 0 Å². The van der Waals surface area contributed by atoms with Gasteiger partial charge in [-0.1, -0.05) is 35.5 Å². The van der Waals surface area contributed by atoms with Gasteiger partial charge in [0.25, 0.3) is 0 Å². The topological polar surface area (TPSA) is 41.8 Å². The minimum Gasteiger partial charge on any atom is -0.488 e. The Kier molecular flexibility index (Phi) is 3.91. The first-order chi connectivity index (χ1) is 8.81. The number of rotatable bonds is 4. The zero-order chi connectivity index (χ0) is 12.8.